The van der Waals surface area contributed by atoms with Crippen molar-refractivity contribution in [2.75, 3.05) is 27.4 Å². The van der Waals surface area contributed by atoms with Gasteiger partial charge < -0.3 is 19.3 Å². The predicted octanol–water partition coefficient (Wildman–Crippen LogP) is 5.65. The molecule has 6 heteroatoms. The molecular weight excluding hydrogens is 408 g/mol. The summed E-state index contributed by atoms with van der Waals surface area (Å²) in [4.78, 5) is 24.7. The third kappa shape index (κ3) is 9.43. The summed E-state index contributed by atoms with van der Waals surface area (Å²) in [5, 5.41) is 9.35. The zero-order valence-corrected chi connectivity index (χ0v) is 20.4. The summed E-state index contributed by atoms with van der Waals surface area (Å²) in [6.07, 6.45) is 6.40. The van der Waals surface area contributed by atoms with Crippen LogP contribution in [0.1, 0.15) is 63.7 Å². The van der Waals surface area contributed by atoms with Crippen LogP contribution in [-0.4, -0.2) is 44.3 Å². The normalized spacial score (nSPS) is 13.5. The second-order valence-corrected chi connectivity index (χ2v) is 8.88. The number of carboxylic acid groups (broad SMARTS) is 1. The van der Waals surface area contributed by atoms with E-state index in [0.29, 0.717) is 49.0 Å². The van der Waals surface area contributed by atoms with Crippen molar-refractivity contribution in [1.82, 2.24) is 0 Å². The Labute approximate surface area is 192 Å². The van der Waals surface area contributed by atoms with Gasteiger partial charge >= 0.3 is 5.97 Å². The maximum Gasteiger partial charge on any atom is 0.307 e. The molecule has 0 amide bonds. The Morgan fingerprint density at radius 2 is 1.69 bits per heavy atom. The van der Waals surface area contributed by atoms with Gasteiger partial charge in [-0.3, -0.25) is 9.59 Å². The molecule has 0 aromatic heterocycles. The van der Waals surface area contributed by atoms with Crippen LogP contribution < -0.4 is 9.47 Å². The number of benzene rings is 1. The van der Waals surface area contributed by atoms with Crippen LogP contribution in [0.5, 0.6) is 11.5 Å². The zero-order chi connectivity index (χ0) is 24.1. The van der Waals surface area contributed by atoms with E-state index >= 15 is 0 Å². The smallest absolute Gasteiger partial charge is 0.307 e. The van der Waals surface area contributed by atoms with Crippen molar-refractivity contribution >= 4 is 11.8 Å². The first-order valence-corrected chi connectivity index (χ1v) is 11.4. The Kier molecular flexibility index (Phi) is 12.7. The van der Waals surface area contributed by atoms with E-state index in [-0.39, 0.29) is 17.6 Å². The number of hydrogen-bond donors (Lipinski definition) is 1. The highest BCUT2D eigenvalue weighted by Crippen LogP contribution is 2.31. The molecule has 1 N–H and O–H groups in total. The summed E-state index contributed by atoms with van der Waals surface area (Å²) in [6.45, 7) is 9.10. The van der Waals surface area contributed by atoms with Crippen LogP contribution in [0.2, 0.25) is 0 Å². The SMILES string of the molecule is COCCCOc1cc(C(=O)C(CC=CCC(C(=O)O)C(C)C)CC(C)C)ccc1OC. The summed E-state index contributed by atoms with van der Waals surface area (Å²) in [5.41, 5.74) is 0.595. The molecular formula is C26H40O6. The number of aliphatic carboxylic acids is 1. The fourth-order valence-electron chi connectivity index (χ4n) is 3.60. The summed E-state index contributed by atoms with van der Waals surface area (Å²) in [5.74, 6) is 0.257. The molecule has 1 aromatic carbocycles. The number of ether oxygens (including phenoxy) is 3. The van der Waals surface area contributed by atoms with Crippen molar-refractivity contribution in [2.24, 2.45) is 23.7 Å². The minimum atomic E-state index is -0.782. The molecule has 0 aliphatic carbocycles. The fourth-order valence-corrected chi connectivity index (χ4v) is 3.60. The first-order valence-electron chi connectivity index (χ1n) is 11.4. The van der Waals surface area contributed by atoms with Crippen molar-refractivity contribution in [3.8, 4) is 11.5 Å². The van der Waals surface area contributed by atoms with Crippen LogP contribution in [-0.2, 0) is 9.53 Å². The van der Waals surface area contributed by atoms with Gasteiger partial charge in [-0.25, -0.2) is 0 Å². The summed E-state index contributed by atoms with van der Waals surface area (Å²) in [6, 6.07) is 5.30. The van der Waals surface area contributed by atoms with Crippen molar-refractivity contribution < 1.29 is 28.9 Å². The van der Waals surface area contributed by atoms with E-state index in [1.807, 2.05) is 26.0 Å². The molecule has 0 aliphatic rings. The van der Waals surface area contributed by atoms with Gasteiger partial charge in [-0.15, -0.1) is 0 Å². The molecule has 0 radical (unpaired) electrons. The van der Waals surface area contributed by atoms with Gasteiger partial charge in [-0.1, -0.05) is 39.8 Å². The number of hydrogen-bond acceptors (Lipinski definition) is 5. The van der Waals surface area contributed by atoms with Crippen molar-refractivity contribution in [3.05, 3.63) is 35.9 Å². The number of carboxylic acids is 1. The van der Waals surface area contributed by atoms with E-state index in [0.717, 1.165) is 12.8 Å². The second-order valence-electron chi connectivity index (χ2n) is 8.88. The summed E-state index contributed by atoms with van der Waals surface area (Å²) >= 11 is 0. The number of rotatable bonds is 16. The number of carbonyl (C=O) groups is 2. The lowest BCUT2D eigenvalue weighted by molar-refractivity contribution is -0.143. The van der Waals surface area contributed by atoms with Crippen LogP contribution in [0.3, 0.4) is 0 Å². The van der Waals surface area contributed by atoms with Crippen molar-refractivity contribution in [3.63, 3.8) is 0 Å². The maximum atomic E-state index is 13.3. The maximum absolute atomic E-state index is 13.3. The number of ketones is 1. The molecule has 0 heterocycles. The predicted molar refractivity (Wildman–Crippen MR) is 127 cm³/mol. The Morgan fingerprint density at radius 1 is 1.00 bits per heavy atom. The molecule has 0 fully saturated rings. The lowest BCUT2D eigenvalue weighted by Gasteiger charge is -2.18. The highest BCUT2D eigenvalue weighted by atomic mass is 16.5. The average molecular weight is 449 g/mol. The first-order chi connectivity index (χ1) is 15.2. The molecule has 2 unspecified atom stereocenters. The third-order valence-corrected chi connectivity index (χ3v) is 5.42. The minimum absolute atomic E-state index is 0.0615. The van der Waals surface area contributed by atoms with Gasteiger partial charge in [0, 0.05) is 31.6 Å². The van der Waals surface area contributed by atoms with E-state index < -0.39 is 11.9 Å². The Hall–Kier alpha value is -2.34. The number of methoxy groups -OCH3 is 2. The van der Waals surface area contributed by atoms with Gasteiger partial charge in [0.2, 0.25) is 0 Å². The largest absolute Gasteiger partial charge is 0.493 e. The van der Waals surface area contributed by atoms with E-state index in [1.165, 1.54) is 0 Å². The van der Waals surface area contributed by atoms with Crippen LogP contribution in [0.4, 0.5) is 0 Å². The monoisotopic (exact) mass is 448 g/mol. The van der Waals surface area contributed by atoms with Crippen molar-refractivity contribution in [1.29, 1.82) is 0 Å². The van der Waals surface area contributed by atoms with E-state index in [9.17, 15) is 14.7 Å². The van der Waals surface area contributed by atoms with Crippen LogP contribution in [0, 0.1) is 23.7 Å². The Bertz CT molecular complexity index is 738. The average Bonchev–Trinajstić information content (AvgIpc) is 2.74. The molecule has 0 spiro atoms. The summed E-state index contributed by atoms with van der Waals surface area (Å²) < 4.78 is 16.3. The lowest BCUT2D eigenvalue weighted by atomic mass is 9.86. The van der Waals surface area contributed by atoms with E-state index in [1.54, 1.807) is 32.4 Å². The van der Waals surface area contributed by atoms with E-state index in [4.69, 9.17) is 14.2 Å². The molecule has 1 rings (SSSR count). The number of Topliss-reactive ketones (excluding diaryl/α,β-unsaturated/α-hetero) is 1. The topological polar surface area (TPSA) is 82.1 Å². The molecule has 2 atom stereocenters. The van der Waals surface area contributed by atoms with Gasteiger partial charge in [0.25, 0.3) is 0 Å². The molecule has 0 aliphatic heterocycles. The van der Waals surface area contributed by atoms with Gasteiger partial charge in [-0.05, 0) is 49.3 Å². The second kappa shape index (κ2) is 14.7. The van der Waals surface area contributed by atoms with Gasteiger partial charge in [0.15, 0.2) is 17.3 Å². The molecule has 0 saturated carbocycles. The zero-order valence-electron chi connectivity index (χ0n) is 20.4. The molecule has 180 valence electrons. The van der Waals surface area contributed by atoms with Gasteiger partial charge in [-0.2, -0.15) is 0 Å². The molecule has 0 bridgehead atoms. The number of allylic oxidation sites excluding steroid dienone is 2. The first kappa shape index (κ1) is 27.7. The van der Waals surface area contributed by atoms with Crippen LogP contribution >= 0.6 is 0 Å². The molecule has 0 saturated heterocycles. The quantitative estimate of drug-likeness (QED) is 0.200. The standard InChI is InChI=1S/C26H40O6/c1-18(2)16-20(10-7-8-11-22(19(3)4)26(28)29)25(27)21-12-13-23(31-6)24(17-21)32-15-9-14-30-5/h7-8,12-13,17-20,22H,9-11,14-16H2,1-6H3,(H,28,29). The summed E-state index contributed by atoms with van der Waals surface area (Å²) in [7, 11) is 3.22. The Morgan fingerprint density at radius 3 is 2.25 bits per heavy atom. The van der Waals surface area contributed by atoms with Gasteiger partial charge in [0.05, 0.1) is 19.6 Å². The fraction of sp³-hybridized carbons (Fsp3) is 0.615. The highest BCUT2D eigenvalue weighted by Gasteiger charge is 2.23. The van der Waals surface area contributed by atoms with Crippen LogP contribution in [0.15, 0.2) is 30.4 Å². The van der Waals surface area contributed by atoms with Crippen LogP contribution in [0.25, 0.3) is 0 Å². The molecule has 6 nitrogen and oxygen atoms in total. The molecule has 32 heavy (non-hydrogen) atoms. The van der Waals surface area contributed by atoms with Gasteiger partial charge in [0.1, 0.15) is 0 Å². The third-order valence-electron chi connectivity index (χ3n) is 5.42. The highest BCUT2D eigenvalue weighted by molar-refractivity contribution is 5.98. The molecule has 1 aromatic rings. The minimum Gasteiger partial charge on any atom is -0.493 e. The lowest BCUT2D eigenvalue weighted by Crippen LogP contribution is -2.19. The number of carbonyl (C=O) groups excluding carboxylic acids is 1. The van der Waals surface area contributed by atoms with E-state index in [2.05, 4.69) is 13.8 Å². The van der Waals surface area contributed by atoms with Crippen molar-refractivity contribution in [2.45, 2.75) is 53.4 Å². The Balaban J connectivity index is 2.94.